The van der Waals surface area contributed by atoms with E-state index in [1.54, 1.807) is 20.8 Å². The van der Waals surface area contributed by atoms with Crippen LogP contribution < -0.4 is 0 Å². The average molecular weight is 420 g/mol. The maximum Gasteiger partial charge on any atom is 0.302 e. The van der Waals surface area contributed by atoms with Crippen LogP contribution in [-0.2, 0) is 20.5 Å². The molecule has 8 heteroatoms. The quantitative estimate of drug-likeness (QED) is 0.279. The van der Waals surface area contributed by atoms with Crippen molar-refractivity contribution in [3.8, 4) is 17.2 Å². The van der Waals surface area contributed by atoms with E-state index in [-0.39, 0.29) is 17.5 Å². The van der Waals surface area contributed by atoms with Gasteiger partial charge in [0, 0.05) is 17.9 Å². The van der Waals surface area contributed by atoms with E-state index in [0.717, 1.165) is 0 Å². The van der Waals surface area contributed by atoms with Crippen molar-refractivity contribution in [2.45, 2.75) is 71.5 Å². The molecule has 0 spiro atoms. The van der Waals surface area contributed by atoms with Crippen molar-refractivity contribution >= 4 is 11.8 Å². The van der Waals surface area contributed by atoms with E-state index in [1.807, 2.05) is 0 Å². The van der Waals surface area contributed by atoms with E-state index in [0.29, 0.717) is 12.0 Å². The number of aliphatic hydroxyl groups excluding tert-OH is 1. The zero-order valence-corrected chi connectivity index (χ0v) is 18.0. The van der Waals surface area contributed by atoms with Crippen LogP contribution in [0.4, 0.5) is 0 Å². The lowest BCUT2D eigenvalue weighted by atomic mass is 9.53. The molecule has 1 fully saturated rings. The van der Waals surface area contributed by atoms with Gasteiger partial charge in [0.2, 0.25) is 5.78 Å². The number of ketones is 1. The molecule has 1 aromatic carbocycles. The summed E-state index contributed by atoms with van der Waals surface area (Å²) >= 11 is 0. The molecule has 2 atom stereocenters. The molecule has 2 aliphatic rings. The van der Waals surface area contributed by atoms with Crippen molar-refractivity contribution in [2.75, 3.05) is 0 Å². The zero-order valence-electron chi connectivity index (χ0n) is 18.0. The lowest BCUT2D eigenvalue weighted by Gasteiger charge is -2.51. The number of rotatable bonds is 2. The summed E-state index contributed by atoms with van der Waals surface area (Å²) in [5, 5.41) is 53.6. The van der Waals surface area contributed by atoms with Crippen LogP contribution >= 0.6 is 0 Å². The van der Waals surface area contributed by atoms with E-state index in [2.05, 4.69) is 0 Å². The van der Waals surface area contributed by atoms with Gasteiger partial charge in [-0.15, -0.1) is 0 Å². The van der Waals surface area contributed by atoms with Crippen LogP contribution in [0.5, 0.6) is 17.2 Å². The van der Waals surface area contributed by atoms with E-state index < -0.39 is 62.9 Å². The van der Waals surface area contributed by atoms with Gasteiger partial charge in [0.15, 0.2) is 17.3 Å². The number of fused-ring (bicyclic) bond motifs is 3. The third-order valence-corrected chi connectivity index (χ3v) is 6.20. The molecule has 2 unspecified atom stereocenters. The summed E-state index contributed by atoms with van der Waals surface area (Å²) in [5.41, 5.74) is -4.34. The molecule has 2 aliphatic carbocycles. The maximum absolute atomic E-state index is 13.1. The van der Waals surface area contributed by atoms with Gasteiger partial charge in [0.25, 0.3) is 0 Å². The van der Waals surface area contributed by atoms with Gasteiger partial charge >= 0.3 is 5.97 Å². The highest BCUT2D eigenvalue weighted by Crippen LogP contribution is 2.62. The standard InChI is InChI=1S/C22H28O8/c1-9(23)30-10-7-20(2,3)19-18(28)15(25)11-12(22(19,6)8-10)16(26)17(27)13(14(11)24)21(4,5)29/h10,24,26-29H,7-8H2,1-6H3. The molecule has 0 amide bonds. The second kappa shape index (κ2) is 6.38. The molecule has 8 nitrogen and oxygen atoms in total. The van der Waals surface area contributed by atoms with Crippen LogP contribution in [0.3, 0.4) is 0 Å². The number of benzene rings is 1. The summed E-state index contributed by atoms with van der Waals surface area (Å²) in [4.78, 5) is 24.7. The number of phenolic OH excluding ortho intramolecular Hbond substituents is 3. The smallest absolute Gasteiger partial charge is 0.302 e. The first-order valence-corrected chi connectivity index (χ1v) is 9.74. The summed E-state index contributed by atoms with van der Waals surface area (Å²) in [5.74, 6) is -4.08. The molecule has 5 N–H and O–H groups in total. The van der Waals surface area contributed by atoms with Gasteiger partial charge in [-0.3, -0.25) is 9.59 Å². The van der Waals surface area contributed by atoms with Gasteiger partial charge < -0.3 is 30.3 Å². The Hall–Kier alpha value is -2.74. The summed E-state index contributed by atoms with van der Waals surface area (Å²) in [6.07, 6.45) is -0.132. The minimum absolute atomic E-state index is 0.0618. The van der Waals surface area contributed by atoms with Gasteiger partial charge in [-0.05, 0) is 37.7 Å². The Kier molecular flexibility index (Phi) is 4.67. The number of carbonyl (C=O) groups is 2. The molecule has 0 radical (unpaired) electrons. The van der Waals surface area contributed by atoms with Crippen LogP contribution in [0.2, 0.25) is 0 Å². The Labute approximate surface area is 174 Å². The Morgan fingerprint density at radius 2 is 1.60 bits per heavy atom. The number of aromatic hydroxyl groups is 3. The first-order chi connectivity index (χ1) is 13.5. The fourth-order valence-corrected chi connectivity index (χ4v) is 5.46. The van der Waals surface area contributed by atoms with Gasteiger partial charge in [-0.2, -0.15) is 0 Å². The van der Waals surface area contributed by atoms with Crippen LogP contribution in [0.15, 0.2) is 11.3 Å². The fourth-order valence-electron chi connectivity index (χ4n) is 5.46. The number of esters is 1. The molecule has 0 aromatic heterocycles. The number of allylic oxidation sites excluding steroid dienone is 2. The van der Waals surface area contributed by atoms with Gasteiger partial charge in [-0.1, -0.05) is 20.8 Å². The lowest BCUT2D eigenvalue weighted by Crippen LogP contribution is -2.49. The van der Waals surface area contributed by atoms with E-state index >= 15 is 0 Å². The normalized spacial score (nSPS) is 25.6. The predicted octanol–water partition coefficient (Wildman–Crippen LogP) is 3.05. The molecule has 30 heavy (non-hydrogen) atoms. The lowest BCUT2D eigenvalue weighted by molar-refractivity contribution is -0.149. The highest BCUT2D eigenvalue weighted by Gasteiger charge is 2.56. The Balaban J connectivity index is 2.41. The third-order valence-electron chi connectivity index (χ3n) is 6.20. The molecule has 0 heterocycles. The van der Waals surface area contributed by atoms with E-state index in [1.165, 1.54) is 20.8 Å². The number of ether oxygens (including phenoxy) is 1. The fraction of sp³-hybridized carbons (Fsp3) is 0.545. The van der Waals surface area contributed by atoms with Gasteiger partial charge in [0.1, 0.15) is 11.9 Å². The van der Waals surface area contributed by atoms with Crippen molar-refractivity contribution in [1.29, 1.82) is 0 Å². The van der Waals surface area contributed by atoms with Gasteiger partial charge in [-0.25, -0.2) is 0 Å². The molecular formula is C22H28O8. The number of aliphatic hydroxyl groups is 2. The molecular weight excluding hydrogens is 392 g/mol. The first kappa shape index (κ1) is 22.0. The molecule has 0 bridgehead atoms. The third kappa shape index (κ3) is 2.93. The summed E-state index contributed by atoms with van der Waals surface area (Å²) in [7, 11) is 0. The summed E-state index contributed by atoms with van der Waals surface area (Å²) in [6, 6.07) is 0. The minimum Gasteiger partial charge on any atom is -0.507 e. The van der Waals surface area contributed by atoms with Crippen molar-refractivity contribution in [3.05, 3.63) is 28.0 Å². The Bertz CT molecular complexity index is 996. The summed E-state index contributed by atoms with van der Waals surface area (Å²) in [6.45, 7) is 9.07. The number of hydrogen-bond acceptors (Lipinski definition) is 8. The van der Waals surface area contributed by atoms with E-state index in [4.69, 9.17) is 4.74 Å². The number of phenols is 3. The Morgan fingerprint density at radius 3 is 2.10 bits per heavy atom. The largest absolute Gasteiger partial charge is 0.507 e. The minimum atomic E-state index is -1.78. The van der Waals surface area contributed by atoms with Crippen LogP contribution in [0.1, 0.15) is 75.9 Å². The van der Waals surface area contributed by atoms with Crippen molar-refractivity contribution in [2.24, 2.45) is 5.41 Å². The molecule has 1 saturated carbocycles. The van der Waals surface area contributed by atoms with Crippen LogP contribution in [0, 0.1) is 5.41 Å². The second-order valence-electron chi connectivity index (χ2n) is 9.64. The number of Topliss-reactive ketones (excluding diaryl/α,β-unsaturated/α-hetero) is 1. The second-order valence-corrected chi connectivity index (χ2v) is 9.64. The number of hydrogen-bond donors (Lipinski definition) is 5. The molecule has 0 aliphatic heterocycles. The first-order valence-electron chi connectivity index (χ1n) is 9.74. The average Bonchev–Trinajstić information content (AvgIpc) is 2.52. The molecule has 1 aromatic rings. The topological polar surface area (TPSA) is 145 Å². The van der Waals surface area contributed by atoms with Crippen LogP contribution in [-0.4, -0.2) is 43.4 Å². The molecule has 0 saturated heterocycles. The highest BCUT2D eigenvalue weighted by atomic mass is 16.5. The van der Waals surface area contributed by atoms with Crippen molar-refractivity contribution in [1.82, 2.24) is 0 Å². The number of carbonyl (C=O) groups excluding carboxylic acids is 2. The molecule has 3 rings (SSSR count). The van der Waals surface area contributed by atoms with Crippen molar-refractivity contribution in [3.63, 3.8) is 0 Å². The highest BCUT2D eigenvalue weighted by molar-refractivity contribution is 6.13. The van der Waals surface area contributed by atoms with Crippen LogP contribution in [0.25, 0.3) is 0 Å². The van der Waals surface area contributed by atoms with E-state index in [9.17, 15) is 35.1 Å². The zero-order chi connectivity index (χ0) is 23.0. The van der Waals surface area contributed by atoms with Gasteiger partial charge in [0.05, 0.1) is 16.7 Å². The molecule has 164 valence electrons. The monoisotopic (exact) mass is 420 g/mol. The Morgan fingerprint density at radius 1 is 1.03 bits per heavy atom. The van der Waals surface area contributed by atoms with Crippen molar-refractivity contribution < 1.29 is 39.9 Å². The predicted molar refractivity (Wildman–Crippen MR) is 107 cm³/mol. The maximum atomic E-state index is 13.1. The summed E-state index contributed by atoms with van der Waals surface area (Å²) < 4.78 is 5.42. The SMILES string of the molecule is CC(=O)OC1CC(C)(C)C2=C(O)C(=O)c3c(O)c(C(C)(C)O)c(O)c(O)c3C2(C)C1.